The van der Waals surface area contributed by atoms with Crippen LogP contribution < -0.4 is 10.2 Å². The molecule has 0 radical (unpaired) electrons. The number of thiophene rings is 1. The molecule has 0 spiro atoms. The van der Waals surface area contributed by atoms with Crippen LogP contribution >= 0.6 is 23.1 Å². The molecular formula is C47H30N2OS2. The first-order chi connectivity index (χ1) is 25.7. The van der Waals surface area contributed by atoms with Crippen molar-refractivity contribution < 1.29 is 4.42 Å². The van der Waals surface area contributed by atoms with E-state index < -0.39 is 0 Å². The molecule has 11 rings (SSSR count). The fourth-order valence-corrected chi connectivity index (χ4v) is 10.2. The minimum Gasteiger partial charge on any atom is -0.456 e. The van der Waals surface area contributed by atoms with E-state index >= 15 is 0 Å². The van der Waals surface area contributed by atoms with Gasteiger partial charge in [0, 0.05) is 64.7 Å². The van der Waals surface area contributed by atoms with Crippen LogP contribution in [-0.4, -0.2) is 0 Å². The number of benzene rings is 8. The Morgan fingerprint density at radius 3 is 2.12 bits per heavy atom. The van der Waals surface area contributed by atoms with Crippen molar-refractivity contribution in [3.8, 4) is 11.1 Å². The fourth-order valence-electron chi connectivity index (χ4n) is 7.74. The van der Waals surface area contributed by atoms with Crippen LogP contribution in [0.15, 0.2) is 179 Å². The van der Waals surface area contributed by atoms with Crippen molar-refractivity contribution >= 4 is 98.7 Å². The van der Waals surface area contributed by atoms with Gasteiger partial charge in [0.1, 0.15) is 16.5 Å². The number of nitrogens with zero attached hydrogens (tertiary/aromatic N) is 1. The first-order valence-electron chi connectivity index (χ1n) is 17.5. The zero-order valence-corrected chi connectivity index (χ0v) is 29.5. The van der Waals surface area contributed by atoms with E-state index in [4.69, 9.17) is 4.42 Å². The van der Waals surface area contributed by atoms with Gasteiger partial charge in [-0.3, -0.25) is 0 Å². The van der Waals surface area contributed by atoms with Crippen LogP contribution in [0.1, 0.15) is 10.9 Å². The molecule has 0 bridgehead atoms. The molecule has 1 N–H and O–H groups in total. The molecule has 0 amide bonds. The Bertz CT molecular complexity index is 2980. The Labute approximate surface area is 308 Å². The summed E-state index contributed by atoms with van der Waals surface area (Å²) in [7, 11) is 0. The Morgan fingerprint density at radius 2 is 1.21 bits per heavy atom. The molecule has 0 saturated carbocycles. The lowest BCUT2D eigenvalue weighted by molar-refractivity contribution is 0.668. The maximum atomic E-state index is 6.65. The van der Waals surface area contributed by atoms with E-state index in [1.165, 1.54) is 57.9 Å². The number of hydrogen-bond donors (Lipinski definition) is 1. The summed E-state index contributed by atoms with van der Waals surface area (Å²) in [6, 6.07) is 61.2. The van der Waals surface area contributed by atoms with E-state index in [2.05, 4.69) is 180 Å². The lowest BCUT2D eigenvalue weighted by atomic mass is 10.0. The molecule has 1 aliphatic heterocycles. The molecule has 1 atom stereocenters. The van der Waals surface area contributed by atoms with Gasteiger partial charge in [-0.05, 0) is 88.1 Å². The van der Waals surface area contributed by atoms with Gasteiger partial charge in [0.2, 0.25) is 0 Å². The number of anilines is 4. The number of furan rings is 1. The lowest BCUT2D eigenvalue weighted by Gasteiger charge is -2.26. The summed E-state index contributed by atoms with van der Waals surface area (Å²) in [5.41, 5.74) is 9.86. The van der Waals surface area contributed by atoms with E-state index in [9.17, 15) is 0 Å². The van der Waals surface area contributed by atoms with E-state index in [1.807, 2.05) is 23.1 Å². The van der Waals surface area contributed by atoms with Crippen molar-refractivity contribution in [1.29, 1.82) is 0 Å². The van der Waals surface area contributed by atoms with E-state index in [1.54, 1.807) is 0 Å². The minimum atomic E-state index is 0.127. The molecule has 5 heteroatoms. The van der Waals surface area contributed by atoms with Crippen LogP contribution in [0.5, 0.6) is 0 Å². The maximum absolute atomic E-state index is 6.65. The van der Waals surface area contributed by atoms with E-state index in [0.29, 0.717) is 0 Å². The SMILES string of the molecule is c1ccc(-c2ccc(N(c3ccc4ccccc4c3)c3ccc4c(c3)oc3ccc5c(c34)SC(c3ccc4c(c3)sc3ccccc34)N5)cc2)cc1. The van der Waals surface area contributed by atoms with Crippen LogP contribution in [0, 0.1) is 0 Å². The van der Waals surface area contributed by atoms with Gasteiger partial charge in [-0.15, -0.1) is 11.3 Å². The summed E-state index contributed by atoms with van der Waals surface area (Å²) in [4.78, 5) is 3.57. The number of thioether (sulfide) groups is 1. The molecule has 3 heterocycles. The second kappa shape index (κ2) is 11.8. The monoisotopic (exact) mass is 702 g/mol. The van der Waals surface area contributed by atoms with Crippen molar-refractivity contribution in [2.45, 2.75) is 10.3 Å². The predicted molar refractivity (Wildman–Crippen MR) is 223 cm³/mol. The molecule has 2 aromatic heterocycles. The van der Waals surface area contributed by atoms with Gasteiger partial charge in [0.05, 0.1) is 0 Å². The molecule has 0 saturated heterocycles. The second-order valence-electron chi connectivity index (χ2n) is 13.4. The third-order valence-electron chi connectivity index (χ3n) is 10.3. The molecule has 1 aliphatic rings. The zero-order valence-electron chi connectivity index (χ0n) is 27.9. The quantitative estimate of drug-likeness (QED) is 0.193. The van der Waals surface area contributed by atoms with Crippen LogP contribution in [0.3, 0.4) is 0 Å². The smallest absolute Gasteiger partial charge is 0.137 e. The molecule has 1 unspecified atom stereocenters. The van der Waals surface area contributed by atoms with Crippen molar-refractivity contribution in [2.75, 3.05) is 10.2 Å². The Hall–Kier alpha value is -6.01. The van der Waals surface area contributed by atoms with Gasteiger partial charge in [-0.25, -0.2) is 0 Å². The highest BCUT2D eigenvalue weighted by Crippen LogP contribution is 2.53. The summed E-state index contributed by atoms with van der Waals surface area (Å²) in [5.74, 6) is 0. The molecule has 3 nitrogen and oxygen atoms in total. The highest BCUT2D eigenvalue weighted by Gasteiger charge is 2.28. The molecule has 246 valence electrons. The van der Waals surface area contributed by atoms with Crippen LogP contribution in [0.4, 0.5) is 22.7 Å². The Balaban J connectivity index is 0.990. The summed E-state index contributed by atoms with van der Waals surface area (Å²) >= 11 is 3.75. The average molecular weight is 703 g/mol. The first-order valence-corrected chi connectivity index (χ1v) is 19.2. The third-order valence-corrected chi connectivity index (χ3v) is 12.7. The normalized spacial score (nSPS) is 14.0. The fraction of sp³-hybridized carbons (Fsp3) is 0.0213. The maximum Gasteiger partial charge on any atom is 0.137 e. The van der Waals surface area contributed by atoms with Crippen molar-refractivity contribution in [2.24, 2.45) is 0 Å². The number of nitrogens with one attached hydrogen (secondary N) is 1. The molecule has 8 aromatic carbocycles. The lowest BCUT2D eigenvalue weighted by Crippen LogP contribution is -2.09. The molecule has 10 aromatic rings. The highest BCUT2D eigenvalue weighted by molar-refractivity contribution is 8.00. The molecule has 0 fully saturated rings. The van der Waals surface area contributed by atoms with Crippen molar-refractivity contribution in [3.05, 3.63) is 175 Å². The largest absolute Gasteiger partial charge is 0.456 e. The van der Waals surface area contributed by atoms with Crippen molar-refractivity contribution in [3.63, 3.8) is 0 Å². The number of fused-ring (bicyclic) bond motifs is 9. The highest BCUT2D eigenvalue weighted by atomic mass is 32.2. The number of hydrogen-bond acceptors (Lipinski definition) is 5. The van der Waals surface area contributed by atoms with Crippen LogP contribution in [0.2, 0.25) is 0 Å². The van der Waals surface area contributed by atoms with Gasteiger partial charge in [0.15, 0.2) is 0 Å². The number of rotatable bonds is 5. The molecule has 0 aliphatic carbocycles. The molecular weight excluding hydrogens is 673 g/mol. The average Bonchev–Trinajstić information content (AvgIpc) is 3.91. The van der Waals surface area contributed by atoms with E-state index in [-0.39, 0.29) is 5.37 Å². The third kappa shape index (κ3) is 4.81. The summed E-state index contributed by atoms with van der Waals surface area (Å²) in [5, 5.41) is 11.3. The van der Waals surface area contributed by atoms with Gasteiger partial charge < -0.3 is 14.6 Å². The van der Waals surface area contributed by atoms with Crippen LogP contribution in [0.25, 0.3) is 64.0 Å². The minimum absolute atomic E-state index is 0.127. The van der Waals surface area contributed by atoms with Gasteiger partial charge in [-0.2, -0.15) is 0 Å². The molecule has 52 heavy (non-hydrogen) atoms. The summed E-state index contributed by atoms with van der Waals surface area (Å²) in [6.45, 7) is 0. The van der Waals surface area contributed by atoms with E-state index in [0.717, 1.165) is 39.3 Å². The van der Waals surface area contributed by atoms with Crippen LogP contribution in [-0.2, 0) is 0 Å². The van der Waals surface area contributed by atoms with Crippen molar-refractivity contribution in [1.82, 2.24) is 0 Å². The topological polar surface area (TPSA) is 28.4 Å². The van der Waals surface area contributed by atoms with Gasteiger partial charge >= 0.3 is 0 Å². The Kier molecular flexibility index (Phi) is 6.72. The summed E-state index contributed by atoms with van der Waals surface area (Å²) in [6.07, 6.45) is 0. The van der Waals surface area contributed by atoms with Gasteiger partial charge in [0.25, 0.3) is 0 Å². The first kappa shape index (κ1) is 29.7. The second-order valence-corrected chi connectivity index (χ2v) is 15.6. The van der Waals surface area contributed by atoms with Gasteiger partial charge in [-0.1, -0.05) is 115 Å². The Morgan fingerprint density at radius 1 is 0.500 bits per heavy atom. The predicted octanol–water partition coefficient (Wildman–Crippen LogP) is 14.5. The zero-order chi connectivity index (χ0) is 34.2. The standard InChI is InChI=1S/C47H30N2OS2/c1-2-8-29(9-3-1)31-14-18-34(19-15-31)49(35-20-16-30-10-4-5-11-32(30)26-35)36-21-23-39-42(28-36)50-41-25-24-40-46(45(39)41)52-47(48-40)33-17-22-38-37-12-6-7-13-43(37)51-44(38)27-33/h1-28,47-48H. The summed E-state index contributed by atoms with van der Waals surface area (Å²) < 4.78 is 9.31.